The summed E-state index contributed by atoms with van der Waals surface area (Å²) in [6, 6.07) is 11.0. The van der Waals surface area contributed by atoms with Gasteiger partial charge in [0.2, 0.25) is 0 Å². The van der Waals surface area contributed by atoms with Crippen molar-refractivity contribution in [1.82, 2.24) is 0 Å². The van der Waals surface area contributed by atoms with Gasteiger partial charge in [0.25, 0.3) is 5.91 Å². The molecule has 0 spiro atoms. The Morgan fingerprint density at radius 2 is 1.95 bits per heavy atom. The van der Waals surface area contributed by atoms with E-state index >= 15 is 0 Å². The fraction of sp³-hybridized carbons (Fsp3) is 0.118. The van der Waals surface area contributed by atoms with E-state index in [1.165, 1.54) is 12.1 Å². The Hall–Kier alpha value is -2.64. The first-order valence-electron chi connectivity index (χ1n) is 6.37. The molecular weight excluding hydrogens is 269 g/mol. The number of aliphatic hydroxyl groups excluding tert-OH is 1. The van der Waals surface area contributed by atoms with E-state index in [1.807, 2.05) is 0 Å². The molecular formula is C17H14FNO2. The number of nitrogens with one attached hydrogen (secondary N) is 1. The third-order valence-electron chi connectivity index (χ3n) is 2.90. The Kier molecular flexibility index (Phi) is 4.70. The van der Waals surface area contributed by atoms with Crippen LogP contribution in [-0.4, -0.2) is 17.6 Å². The lowest BCUT2D eigenvalue weighted by molar-refractivity contribution is 0.102. The number of rotatable bonds is 2. The minimum absolute atomic E-state index is 0.197. The molecule has 0 saturated carbocycles. The van der Waals surface area contributed by atoms with Crippen molar-refractivity contribution in [1.29, 1.82) is 0 Å². The molecule has 0 saturated heterocycles. The van der Waals surface area contributed by atoms with Crippen molar-refractivity contribution < 1.29 is 14.3 Å². The first-order valence-corrected chi connectivity index (χ1v) is 6.37. The van der Waals surface area contributed by atoms with Crippen LogP contribution in [0.15, 0.2) is 42.5 Å². The van der Waals surface area contributed by atoms with Crippen molar-refractivity contribution in [2.45, 2.75) is 6.92 Å². The van der Waals surface area contributed by atoms with Gasteiger partial charge in [-0.15, -0.1) is 0 Å². The summed E-state index contributed by atoms with van der Waals surface area (Å²) in [7, 11) is 0. The maximum absolute atomic E-state index is 13.2. The van der Waals surface area contributed by atoms with Crippen LogP contribution < -0.4 is 5.32 Å². The van der Waals surface area contributed by atoms with Gasteiger partial charge in [0.15, 0.2) is 0 Å². The lowest BCUT2D eigenvalue weighted by Crippen LogP contribution is -2.13. The Bertz CT molecular complexity index is 712. The number of benzene rings is 2. The molecule has 0 unspecified atom stereocenters. The second-order valence-corrected chi connectivity index (χ2v) is 4.45. The number of carbonyl (C=O) groups is 1. The molecule has 2 rings (SSSR count). The van der Waals surface area contributed by atoms with Crippen LogP contribution in [0, 0.1) is 24.6 Å². The molecule has 1 amide bonds. The highest BCUT2D eigenvalue weighted by atomic mass is 19.1. The van der Waals surface area contributed by atoms with Gasteiger partial charge in [-0.1, -0.05) is 17.9 Å². The van der Waals surface area contributed by atoms with Gasteiger partial charge in [-0.2, -0.15) is 0 Å². The zero-order chi connectivity index (χ0) is 15.2. The molecule has 4 heteroatoms. The first-order chi connectivity index (χ1) is 10.1. The molecule has 106 valence electrons. The third-order valence-corrected chi connectivity index (χ3v) is 2.90. The van der Waals surface area contributed by atoms with Crippen LogP contribution in [-0.2, 0) is 0 Å². The fourth-order valence-electron chi connectivity index (χ4n) is 1.82. The number of aliphatic hydroxyl groups is 1. The van der Waals surface area contributed by atoms with E-state index < -0.39 is 5.82 Å². The molecule has 0 aliphatic carbocycles. The summed E-state index contributed by atoms with van der Waals surface area (Å²) >= 11 is 0. The topological polar surface area (TPSA) is 49.3 Å². The summed E-state index contributed by atoms with van der Waals surface area (Å²) in [4.78, 5) is 12.1. The second-order valence-electron chi connectivity index (χ2n) is 4.45. The van der Waals surface area contributed by atoms with Crippen LogP contribution in [0.5, 0.6) is 0 Å². The number of aryl methyl sites for hydroxylation is 1. The Balaban J connectivity index is 2.14. The summed E-state index contributed by atoms with van der Waals surface area (Å²) in [6.45, 7) is 1.55. The number of anilines is 1. The minimum Gasteiger partial charge on any atom is -0.384 e. The highest BCUT2D eigenvalue weighted by Crippen LogP contribution is 2.14. The molecule has 0 heterocycles. The molecule has 21 heavy (non-hydrogen) atoms. The van der Waals surface area contributed by atoms with E-state index in [0.29, 0.717) is 16.8 Å². The van der Waals surface area contributed by atoms with E-state index in [1.54, 1.807) is 37.3 Å². The van der Waals surface area contributed by atoms with Crippen molar-refractivity contribution in [3.05, 3.63) is 65.0 Å². The highest BCUT2D eigenvalue weighted by Gasteiger charge is 2.10. The SMILES string of the molecule is Cc1ccc(F)cc1C(=O)Nc1ccc(C#CCO)cc1. The van der Waals surface area contributed by atoms with E-state index in [2.05, 4.69) is 17.2 Å². The van der Waals surface area contributed by atoms with Gasteiger partial charge in [-0.25, -0.2) is 4.39 Å². The number of amides is 1. The molecule has 3 nitrogen and oxygen atoms in total. The number of halogens is 1. The number of hydrogen-bond donors (Lipinski definition) is 2. The van der Waals surface area contributed by atoms with E-state index in [0.717, 1.165) is 5.56 Å². The van der Waals surface area contributed by atoms with Gasteiger partial charge < -0.3 is 10.4 Å². The average Bonchev–Trinajstić information content (AvgIpc) is 2.49. The fourth-order valence-corrected chi connectivity index (χ4v) is 1.82. The van der Waals surface area contributed by atoms with Gasteiger partial charge in [-0.3, -0.25) is 4.79 Å². The van der Waals surface area contributed by atoms with Gasteiger partial charge in [-0.05, 0) is 48.9 Å². The maximum atomic E-state index is 13.2. The highest BCUT2D eigenvalue weighted by molar-refractivity contribution is 6.05. The van der Waals surface area contributed by atoms with Crippen LogP contribution in [0.25, 0.3) is 0 Å². The number of carbonyl (C=O) groups excluding carboxylic acids is 1. The van der Waals surface area contributed by atoms with E-state index in [9.17, 15) is 9.18 Å². The molecule has 2 aromatic carbocycles. The smallest absolute Gasteiger partial charge is 0.256 e. The summed E-state index contributed by atoms with van der Waals surface area (Å²) in [5.74, 6) is 4.50. The van der Waals surface area contributed by atoms with E-state index in [4.69, 9.17) is 5.11 Å². The summed E-state index contributed by atoms with van der Waals surface area (Å²) in [6.07, 6.45) is 0. The first kappa shape index (κ1) is 14.8. The molecule has 0 aliphatic rings. The number of hydrogen-bond acceptors (Lipinski definition) is 2. The average molecular weight is 283 g/mol. The van der Waals surface area contributed by atoms with E-state index in [-0.39, 0.29) is 12.5 Å². The van der Waals surface area contributed by atoms with Crippen LogP contribution in [0.3, 0.4) is 0 Å². The Morgan fingerprint density at radius 3 is 2.62 bits per heavy atom. The van der Waals surface area contributed by atoms with Crippen molar-refractivity contribution in [2.75, 3.05) is 11.9 Å². The predicted molar refractivity (Wildman–Crippen MR) is 79.5 cm³/mol. The van der Waals surface area contributed by atoms with Crippen LogP contribution in [0.4, 0.5) is 10.1 Å². The summed E-state index contributed by atoms with van der Waals surface area (Å²) in [5.41, 5.74) is 2.35. The normalized spacial score (nSPS) is 9.67. The van der Waals surface area contributed by atoms with Crippen LogP contribution >= 0.6 is 0 Å². The molecule has 0 fully saturated rings. The maximum Gasteiger partial charge on any atom is 0.256 e. The molecule has 0 atom stereocenters. The lowest BCUT2D eigenvalue weighted by atomic mass is 10.1. The van der Waals surface area contributed by atoms with Crippen molar-refractivity contribution in [3.63, 3.8) is 0 Å². The standard InChI is InChI=1S/C17H14FNO2/c1-12-4-7-14(18)11-16(12)17(21)19-15-8-5-13(6-9-15)3-2-10-20/h4-9,11,20H,10H2,1H3,(H,19,21). The zero-order valence-corrected chi connectivity index (χ0v) is 11.5. The lowest BCUT2D eigenvalue weighted by Gasteiger charge is -2.08. The Morgan fingerprint density at radius 1 is 1.24 bits per heavy atom. The van der Waals surface area contributed by atoms with Crippen molar-refractivity contribution in [3.8, 4) is 11.8 Å². The molecule has 2 aromatic rings. The van der Waals surface area contributed by atoms with Crippen LogP contribution in [0.1, 0.15) is 21.5 Å². The second kappa shape index (κ2) is 6.69. The summed E-state index contributed by atoms with van der Waals surface area (Å²) < 4.78 is 13.2. The van der Waals surface area contributed by atoms with Crippen molar-refractivity contribution >= 4 is 11.6 Å². The summed E-state index contributed by atoms with van der Waals surface area (Å²) in [5, 5.41) is 11.3. The van der Waals surface area contributed by atoms with Gasteiger partial charge in [0, 0.05) is 16.8 Å². The molecule has 0 aromatic heterocycles. The quantitative estimate of drug-likeness (QED) is 0.833. The minimum atomic E-state index is -0.444. The van der Waals surface area contributed by atoms with Gasteiger partial charge >= 0.3 is 0 Å². The zero-order valence-electron chi connectivity index (χ0n) is 11.5. The predicted octanol–water partition coefficient (Wildman–Crippen LogP) is 2.73. The third kappa shape index (κ3) is 3.91. The molecule has 0 bridgehead atoms. The molecule has 0 aliphatic heterocycles. The largest absolute Gasteiger partial charge is 0.384 e. The van der Waals surface area contributed by atoms with Gasteiger partial charge in [0.05, 0.1) is 0 Å². The van der Waals surface area contributed by atoms with Crippen molar-refractivity contribution in [2.24, 2.45) is 0 Å². The van der Waals surface area contributed by atoms with Crippen LogP contribution in [0.2, 0.25) is 0 Å². The molecule has 0 radical (unpaired) electrons. The van der Waals surface area contributed by atoms with Gasteiger partial charge in [0.1, 0.15) is 12.4 Å². The monoisotopic (exact) mass is 283 g/mol. The molecule has 2 N–H and O–H groups in total. The Labute approximate surface area is 122 Å².